The van der Waals surface area contributed by atoms with Crippen LogP contribution < -0.4 is 5.73 Å². The second kappa shape index (κ2) is 7.94. The van der Waals surface area contributed by atoms with E-state index in [0.29, 0.717) is 18.4 Å². The van der Waals surface area contributed by atoms with Gasteiger partial charge in [0.15, 0.2) is 5.78 Å². The molecular weight excluding hydrogens is 468 g/mol. The molecular formula is C26H28N2O6S. The lowest BCUT2D eigenvalue weighted by Crippen LogP contribution is -2.59. The molecule has 3 aliphatic rings. The van der Waals surface area contributed by atoms with Crippen LogP contribution in [0.25, 0.3) is 10.4 Å². The summed E-state index contributed by atoms with van der Waals surface area (Å²) < 4.78 is 0. The number of aryl methyl sites for hydroxylation is 1. The summed E-state index contributed by atoms with van der Waals surface area (Å²) in [6.45, 7) is 1.99. The number of hydrogen-bond donors (Lipinski definition) is 5. The lowest BCUT2D eigenvalue weighted by atomic mass is 9.59. The standard InChI is InChI=1S/C26H28N2O6S/c1-11-6-18(35-10-11)13-4-5-17(29)20-14(13)7-12-8-16-21(28(2)3)22(30)15(25(27)33)9-26(16,34)24(32)19(12)23(20)31/h4-6,10,12,16,21,29-30,32,34H,7-9H2,1-3H3,(H2,27,33). The van der Waals surface area contributed by atoms with Gasteiger partial charge < -0.3 is 26.2 Å². The van der Waals surface area contributed by atoms with Crippen molar-refractivity contribution < 1.29 is 30.0 Å². The summed E-state index contributed by atoms with van der Waals surface area (Å²) in [6, 6.07) is 4.53. The van der Waals surface area contributed by atoms with Gasteiger partial charge in [-0.3, -0.25) is 14.5 Å². The molecule has 8 nitrogen and oxygen atoms in total. The van der Waals surface area contributed by atoms with E-state index < -0.39 is 47.3 Å². The molecule has 1 heterocycles. The molecule has 1 amide bonds. The maximum absolute atomic E-state index is 13.7. The number of phenols is 1. The molecule has 3 aliphatic carbocycles. The fraction of sp³-hybridized carbons (Fsp3) is 0.385. The number of phenolic OH excluding ortho intramolecular Hbond substituents is 1. The van der Waals surface area contributed by atoms with Crippen LogP contribution in [0.5, 0.6) is 5.75 Å². The molecule has 0 aliphatic heterocycles. The second-order valence-electron chi connectivity index (χ2n) is 10.0. The number of likely N-dealkylation sites (N-methyl/N-ethyl adjacent to an activating group) is 1. The zero-order chi connectivity index (χ0) is 25.4. The minimum absolute atomic E-state index is 0.0498. The van der Waals surface area contributed by atoms with Gasteiger partial charge in [0.05, 0.1) is 17.2 Å². The number of nitrogens with zero attached hydrogens (tertiary/aromatic N) is 1. The number of carbonyl (C=O) groups is 2. The summed E-state index contributed by atoms with van der Waals surface area (Å²) in [5.74, 6) is -3.46. The lowest BCUT2D eigenvalue weighted by molar-refractivity contribution is -0.118. The highest BCUT2D eigenvalue weighted by atomic mass is 32.1. The molecule has 6 N–H and O–H groups in total. The van der Waals surface area contributed by atoms with Crippen molar-refractivity contribution in [2.24, 2.45) is 17.6 Å². The number of ketones is 1. The number of amides is 1. The molecule has 9 heteroatoms. The predicted octanol–water partition coefficient (Wildman–Crippen LogP) is 2.98. The zero-order valence-corrected chi connectivity index (χ0v) is 20.5. The highest BCUT2D eigenvalue weighted by Crippen LogP contribution is 2.54. The fourth-order valence-corrected chi connectivity index (χ4v) is 7.09. The number of Topliss-reactive ketones (excluding diaryl/α,β-unsaturated/α-hetero) is 1. The number of thiophene rings is 1. The van der Waals surface area contributed by atoms with E-state index in [-0.39, 0.29) is 28.2 Å². The van der Waals surface area contributed by atoms with Crippen LogP contribution >= 0.6 is 11.3 Å². The Morgan fingerprint density at radius 1 is 1.23 bits per heavy atom. The van der Waals surface area contributed by atoms with Gasteiger partial charge in [0.2, 0.25) is 5.91 Å². The maximum Gasteiger partial charge on any atom is 0.248 e. The molecule has 35 heavy (non-hydrogen) atoms. The summed E-state index contributed by atoms with van der Waals surface area (Å²) in [5, 5.41) is 46.6. The average Bonchev–Trinajstić information content (AvgIpc) is 3.20. The smallest absolute Gasteiger partial charge is 0.248 e. The van der Waals surface area contributed by atoms with E-state index >= 15 is 0 Å². The van der Waals surface area contributed by atoms with Crippen LogP contribution in [0, 0.1) is 18.8 Å². The van der Waals surface area contributed by atoms with E-state index in [9.17, 15) is 30.0 Å². The van der Waals surface area contributed by atoms with E-state index in [2.05, 4.69) is 0 Å². The summed E-state index contributed by atoms with van der Waals surface area (Å²) in [6.07, 6.45) is 0.269. The number of rotatable bonds is 3. The van der Waals surface area contributed by atoms with Gasteiger partial charge in [-0.05, 0) is 80.0 Å². The van der Waals surface area contributed by atoms with Gasteiger partial charge in [-0.2, -0.15) is 0 Å². The highest BCUT2D eigenvalue weighted by molar-refractivity contribution is 7.13. The van der Waals surface area contributed by atoms with Crippen molar-refractivity contribution >= 4 is 23.0 Å². The van der Waals surface area contributed by atoms with E-state index in [0.717, 1.165) is 16.0 Å². The van der Waals surface area contributed by atoms with Crippen molar-refractivity contribution in [1.29, 1.82) is 0 Å². The van der Waals surface area contributed by atoms with Gasteiger partial charge in [-0.15, -0.1) is 11.3 Å². The van der Waals surface area contributed by atoms with Gasteiger partial charge in [0.25, 0.3) is 0 Å². The van der Waals surface area contributed by atoms with Crippen molar-refractivity contribution in [3.63, 3.8) is 0 Å². The molecule has 0 saturated heterocycles. The predicted molar refractivity (Wildman–Crippen MR) is 131 cm³/mol. The van der Waals surface area contributed by atoms with Crippen molar-refractivity contribution in [1.82, 2.24) is 4.90 Å². The topological polar surface area (TPSA) is 144 Å². The number of aliphatic hydroxyl groups excluding tert-OH is 2. The maximum atomic E-state index is 13.7. The fourth-order valence-electron chi connectivity index (χ4n) is 6.14. The number of allylic oxidation sites excluding steroid dienone is 1. The van der Waals surface area contributed by atoms with Gasteiger partial charge in [-0.25, -0.2) is 0 Å². The van der Waals surface area contributed by atoms with Crippen molar-refractivity contribution in [3.8, 4) is 16.2 Å². The molecule has 0 saturated carbocycles. The van der Waals surface area contributed by atoms with Crippen LogP contribution in [0.15, 0.2) is 46.2 Å². The summed E-state index contributed by atoms with van der Waals surface area (Å²) in [4.78, 5) is 28.5. The van der Waals surface area contributed by atoms with E-state index in [1.165, 1.54) is 6.07 Å². The molecule has 1 aromatic heterocycles. The van der Waals surface area contributed by atoms with Crippen LogP contribution in [-0.4, -0.2) is 62.8 Å². The Labute approximate surface area is 206 Å². The Kier molecular flexibility index (Phi) is 5.35. The molecule has 2 aromatic rings. The van der Waals surface area contributed by atoms with E-state index in [1.54, 1.807) is 36.4 Å². The largest absolute Gasteiger partial charge is 0.510 e. The first-order valence-electron chi connectivity index (χ1n) is 11.4. The van der Waals surface area contributed by atoms with Crippen LogP contribution in [0.3, 0.4) is 0 Å². The zero-order valence-electron chi connectivity index (χ0n) is 19.7. The van der Waals surface area contributed by atoms with Gasteiger partial charge in [-0.1, -0.05) is 0 Å². The van der Waals surface area contributed by atoms with Gasteiger partial charge in [0, 0.05) is 22.8 Å². The minimum atomic E-state index is -1.96. The highest BCUT2D eigenvalue weighted by Gasteiger charge is 2.58. The lowest BCUT2D eigenvalue weighted by Gasteiger charge is -2.51. The molecule has 0 radical (unpaired) electrons. The monoisotopic (exact) mass is 496 g/mol. The normalized spacial score (nSPS) is 28.1. The number of carbonyl (C=O) groups excluding carboxylic acids is 2. The van der Waals surface area contributed by atoms with Crippen molar-refractivity contribution in [2.45, 2.75) is 37.8 Å². The Balaban J connectivity index is 1.69. The van der Waals surface area contributed by atoms with Crippen molar-refractivity contribution in [3.05, 3.63) is 62.9 Å². The Morgan fingerprint density at radius 2 is 1.94 bits per heavy atom. The first-order valence-corrected chi connectivity index (χ1v) is 12.3. The Morgan fingerprint density at radius 3 is 2.54 bits per heavy atom. The van der Waals surface area contributed by atoms with Crippen LogP contribution in [0.4, 0.5) is 0 Å². The van der Waals surface area contributed by atoms with Crippen LogP contribution in [-0.2, 0) is 11.2 Å². The Hall–Kier alpha value is -3.14. The summed E-state index contributed by atoms with van der Waals surface area (Å²) in [7, 11) is 3.41. The number of primary amides is 1. The molecule has 0 bridgehead atoms. The molecule has 1 aromatic carbocycles. The molecule has 0 fully saturated rings. The second-order valence-corrected chi connectivity index (χ2v) is 11.0. The molecule has 4 unspecified atom stereocenters. The molecule has 4 atom stereocenters. The number of benzene rings is 1. The SMILES string of the molecule is Cc1csc(-c2ccc(O)c3c2CC2CC4C(N(C)C)C(O)=C(C(N)=O)CC4(O)C(O)=C2C3=O)c1. The number of hydrogen-bond acceptors (Lipinski definition) is 8. The van der Waals surface area contributed by atoms with Crippen LogP contribution in [0.2, 0.25) is 0 Å². The minimum Gasteiger partial charge on any atom is -0.510 e. The Bertz CT molecular complexity index is 1340. The first-order chi connectivity index (χ1) is 16.5. The number of aromatic hydroxyl groups is 1. The van der Waals surface area contributed by atoms with E-state index in [1.807, 2.05) is 18.4 Å². The van der Waals surface area contributed by atoms with E-state index in [4.69, 9.17) is 5.73 Å². The van der Waals surface area contributed by atoms with Crippen LogP contribution in [0.1, 0.15) is 34.3 Å². The quantitative estimate of drug-likeness (QED) is 0.439. The first kappa shape index (κ1) is 23.6. The van der Waals surface area contributed by atoms with Gasteiger partial charge in [0.1, 0.15) is 22.9 Å². The number of fused-ring (bicyclic) bond motifs is 3. The molecule has 5 rings (SSSR count). The number of nitrogens with two attached hydrogens (primary N) is 1. The molecule has 0 spiro atoms. The molecule has 184 valence electrons. The summed E-state index contributed by atoms with van der Waals surface area (Å²) in [5.41, 5.74) is 6.19. The number of aliphatic hydroxyl groups is 3. The van der Waals surface area contributed by atoms with Gasteiger partial charge >= 0.3 is 0 Å². The third-order valence-corrected chi connectivity index (χ3v) is 8.79. The summed E-state index contributed by atoms with van der Waals surface area (Å²) >= 11 is 1.55. The third-order valence-electron chi connectivity index (χ3n) is 7.70. The average molecular weight is 497 g/mol. The third kappa shape index (κ3) is 3.33. The van der Waals surface area contributed by atoms with Crippen molar-refractivity contribution in [2.75, 3.05) is 14.1 Å².